The number of nitrogens with zero attached hydrogens (tertiary/aromatic N) is 4. The van der Waals surface area contributed by atoms with E-state index in [1.54, 1.807) is 19.3 Å². The first-order chi connectivity index (χ1) is 9.49. The number of benzene rings is 1. The van der Waals surface area contributed by atoms with Crippen LogP contribution in [0.2, 0.25) is 5.02 Å². The Balaban J connectivity index is 2.05. The summed E-state index contributed by atoms with van der Waals surface area (Å²) in [6.45, 7) is 2.44. The highest BCUT2D eigenvalue weighted by Gasteiger charge is 2.14. The molecule has 0 spiro atoms. The topological polar surface area (TPSA) is 85.9 Å². The zero-order valence-electron chi connectivity index (χ0n) is 11.1. The summed E-state index contributed by atoms with van der Waals surface area (Å²) in [6.07, 6.45) is 2.34. The van der Waals surface area contributed by atoms with Crippen LogP contribution in [0.3, 0.4) is 0 Å². The van der Waals surface area contributed by atoms with Gasteiger partial charge >= 0.3 is 0 Å². The van der Waals surface area contributed by atoms with Crippen molar-refractivity contribution >= 4 is 23.0 Å². The van der Waals surface area contributed by atoms with Gasteiger partial charge in [-0.05, 0) is 18.6 Å². The molecule has 8 heteroatoms. The fourth-order valence-electron chi connectivity index (χ4n) is 1.84. The predicted octanol–water partition coefficient (Wildman–Crippen LogP) is 2.34. The second-order valence-corrected chi connectivity index (χ2v) is 4.82. The van der Waals surface area contributed by atoms with E-state index in [9.17, 15) is 10.1 Å². The maximum atomic E-state index is 10.8. The number of hydrogen-bond donors (Lipinski definition) is 1. The van der Waals surface area contributed by atoms with Crippen molar-refractivity contribution in [3.63, 3.8) is 0 Å². The molecule has 0 atom stereocenters. The largest absolute Gasteiger partial charge is 0.384 e. The van der Waals surface area contributed by atoms with Gasteiger partial charge < -0.3 is 9.88 Å². The molecule has 0 radical (unpaired) electrons. The van der Waals surface area contributed by atoms with Crippen LogP contribution >= 0.6 is 11.6 Å². The van der Waals surface area contributed by atoms with Gasteiger partial charge in [0.2, 0.25) is 0 Å². The second-order valence-electron chi connectivity index (χ2n) is 4.41. The molecular formula is C12H14ClN5O2. The van der Waals surface area contributed by atoms with Crippen LogP contribution in [0.15, 0.2) is 18.5 Å². The number of aryl methyl sites for hydroxylation is 2. The standard InChI is InChI=1S/C12H14ClN5O2/c1-8-5-11(18(19)20)9(13)6-10(8)14-4-3-12-16-15-7-17(12)2/h5-7,14H,3-4H2,1-2H3. The minimum atomic E-state index is -0.487. The smallest absolute Gasteiger partial charge is 0.288 e. The highest BCUT2D eigenvalue weighted by Crippen LogP contribution is 2.30. The number of rotatable bonds is 5. The van der Waals surface area contributed by atoms with E-state index in [-0.39, 0.29) is 10.7 Å². The zero-order valence-corrected chi connectivity index (χ0v) is 11.9. The lowest BCUT2D eigenvalue weighted by molar-refractivity contribution is -0.384. The first-order valence-electron chi connectivity index (χ1n) is 6.00. The van der Waals surface area contributed by atoms with Gasteiger partial charge in [0, 0.05) is 31.8 Å². The molecule has 0 fully saturated rings. The number of aromatic nitrogens is 3. The van der Waals surface area contributed by atoms with Gasteiger partial charge in [0.25, 0.3) is 5.69 Å². The first kappa shape index (κ1) is 14.3. The number of halogens is 1. The molecule has 2 aromatic rings. The number of nitro benzene ring substituents is 1. The van der Waals surface area contributed by atoms with Crippen molar-refractivity contribution in [3.05, 3.63) is 45.0 Å². The maximum absolute atomic E-state index is 10.8. The molecule has 106 valence electrons. The Kier molecular flexibility index (Phi) is 4.19. The molecule has 0 aliphatic rings. The molecule has 0 amide bonds. The van der Waals surface area contributed by atoms with Gasteiger partial charge in [-0.25, -0.2) is 0 Å². The minimum Gasteiger partial charge on any atom is -0.384 e. The van der Waals surface area contributed by atoms with E-state index in [1.807, 2.05) is 11.6 Å². The lowest BCUT2D eigenvalue weighted by Gasteiger charge is -2.10. The molecule has 1 heterocycles. The van der Waals surface area contributed by atoms with E-state index in [0.717, 1.165) is 17.1 Å². The third-order valence-electron chi connectivity index (χ3n) is 2.96. The van der Waals surface area contributed by atoms with Crippen molar-refractivity contribution in [2.24, 2.45) is 7.05 Å². The van der Waals surface area contributed by atoms with Crippen molar-refractivity contribution in [1.29, 1.82) is 0 Å². The summed E-state index contributed by atoms with van der Waals surface area (Å²) in [5.41, 5.74) is 1.48. The Morgan fingerprint density at radius 3 is 2.85 bits per heavy atom. The fraction of sp³-hybridized carbons (Fsp3) is 0.333. The molecule has 1 aromatic carbocycles. The van der Waals surface area contributed by atoms with Crippen LogP contribution in [0.5, 0.6) is 0 Å². The molecule has 0 aliphatic carbocycles. The molecule has 0 bridgehead atoms. The van der Waals surface area contributed by atoms with E-state index >= 15 is 0 Å². The van der Waals surface area contributed by atoms with Crippen molar-refractivity contribution in [2.75, 3.05) is 11.9 Å². The Morgan fingerprint density at radius 2 is 2.25 bits per heavy atom. The van der Waals surface area contributed by atoms with Gasteiger partial charge in [0.15, 0.2) is 0 Å². The summed E-state index contributed by atoms with van der Waals surface area (Å²) < 4.78 is 1.84. The monoisotopic (exact) mass is 295 g/mol. The van der Waals surface area contributed by atoms with Crippen LogP contribution in [-0.2, 0) is 13.5 Å². The molecule has 2 rings (SSSR count). The number of hydrogen-bond acceptors (Lipinski definition) is 5. The first-order valence-corrected chi connectivity index (χ1v) is 6.38. The van der Waals surface area contributed by atoms with E-state index < -0.39 is 4.92 Å². The summed E-state index contributed by atoms with van der Waals surface area (Å²) in [7, 11) is 1.88. The van der Waals surface area contributed by atoms with E-state index in [0.29, 0.717) is 13.0 Å². The Labute approximate surface area is 120 Å². The van der Waals surface area contributed by atoms with Crippen LogP contribution in [0.25, 0.3) is 0 Å². The van der Waals surface area contributed by atoms with E-state index in [4.69, 9.17) is 11.6 Å². The van der Waals surface area contributed by atoms with Gasteiger partial charge in [-0.15, -0.1) is 10.2 Å². The van der Waals surface area contributed by atoms with Crippen LogP contribution in [-0.4, -0.2) is 26.2 Å². The molecule has 0 unspecified atom stereocenters. The molecular weight excluding hydrogens is 282 g/mol. The van der Waals surface area contributed by atoms with E-state index in [1.165, 1.54) is 6.07 Å². The Hall–Kier alpha value is -2.15. The van der Waals surface area contributed by atoms with Crippen molar-refractivity contribution in [1.82, 2.24) is 14.8 Å². The van der Waals surface area contributed by atoms with Crippen LogP contribution in [0, 0.1) is 17.0 Å². The van der Waals surface area contributed by atoms with Crippen molar-refractivity contribution in [2.45, 2.75) is 13.3 Å². The third kappa shape index (κ3) is 3.05. The molecule has 0 saturated carbocycles. The second kappa shape index (κ2) is 5.87. The molecule has 0 saturated heterocycles. The normalized spacial score (nSPS) is 10.6. The van der Waals surface area contributed by atoms with Crippen molar-refractivity contribution in [3.8, 4) is 0 Å². The number of anilines is 1. The lowest BCUT2D eigenvalue weighted by atomic mass is 10.1. The summed E-state index contributed by atoms with van der Waals surface area (Å²) >= 11 is 5.89. The number of nitro groups is 1. The Bertz CT molecular complexity index is 641. The third-order valence-corrected chi connectivity index (χ3v) is 3.26. The summed E-state index contributed by atoms with van der Waals surface area (Å²) in [4.78, 5) is 10.3. The van der Waals surface area contributed by atoms with Gasteiger partial charge in [-0.2, -0.15) is 0 Å². The van der Waals surface area contributed by atoms with Crippen LogP contribution in [0.1, 0.15) is 11.4 Å². The maximum Gasteiger partial charge on any atom is 0.288 e. The summed E-state index contributed by atoms with van der Waals surface area (Å²) in [5.74, 6) is 0.864. The van der Waals surface area contributed by atoms with Crippen molar-refractivity contribution < 1.29 is 4.92 Å². The molecule has 7 nitrogen and oxygen atoms in total. The highest BCUT2D eigenvalue weighted by atomic mass is 35.5. The average molecular weight is 296 g/mol. The minimum absolute atomic E-state index is 0.0805. The fourth-order valence-corrected chi connectivity index (χ4v) is 2.07. The van der Waals surface area contributed by atoms with Gasteiger partial charge in [-0.1, -0.05) is 11.6 Å². The van der Waals surface area contributed by atoms with Gasteiger partial charge in [-0.3, -0.25) is 10.1 Å². The van der Waals surface area contributed by atoms with Gasteiger partial charge in [0.05, 0.1) is 4.92 Å². The molecule has 1 N–H and O–H groups in total. The predicted molar refractivity (Wildman–Crippen MR) is 76.0 cm³/mol. The summed E-state index contributed by atoms with van der Waals surface area (Å²) in [5, 5.41) is 21.9. The van der Waals surface area contributed by atoms with Gasteiger partial charge in [0.1, 0.15) is 17.2 Å². The highest BCUT2D eigenvalue weighted by molar-refractivity contribution is 6.33. The SMILES string of the molecule is Cc1cc([N+](=O)[O-])c(Cl)cc1NCCc1nncn1C. The van der Waals surface area contributed by atoms with E-state index in [2.05, 4.69) is 15.5 Å². The Morgan fingerprint density at radius 1 is 1.50 bits per heavy atom. The van der Waals surface area contributed by atoms with Crippen LogP contribution < -0.4 is 5.32 Å². The summed E-state index contributed by atoms with van der Waals surface area (Å²) in [6, 6.07) is 3.04. The average Bonchev–Trinajstić information content (AvgIpc) is 2.78. The molecule has 20 heavy (non-hydrogen) atoms. The number of nitrogens with one attached hydrogen (secondary N) is 1. The molecule has 1 aromatic heterocycles. The zero-order chi connectivity index (χ0) is 14.7. The lowest BCUT2D eigenvalue weighted by Crippen LogP contribution is -2.09. The molecule has 0 aliphatic heterocycles. The quantitative estimate of drug-likeness (QED) is 0.676. The van der Waals surface area contributed by atoms with Crippen LogP contribution in [0.4, 0.5) is 11.4 Å².